The van der Waals surface area contributed by atoms with Crippen LogP contribution in [0.2, 0.25) is 0 Å². The van der Waals surface area contributed by atoms with Gasteiger partial charge < -0.3 is 10.5 Å². The Bertz CT molecular complexity index is 650. The highest BCUT2D eigenvalue weighted by atomic mass is 19.4. The van der Waals surface area contributed by atoms with Gasteiger partial charge in [0, 0.05) is 7.05 Å². The van der Waals surface area contributed by atoms with Crippen molar-refractivity contribution in [2.75, 3.05) is 0 Å². The second-order valence-electron chi connectivity index (χ2n) is 3.91. The van der Waals surface area contributed by atoms with E-state index in [1.807, 2.05) is 0 Å². The lowest BCUT2D eigenvalue weighted by molar-refractivity contribution is -0.141. The summed E-state index contributed by atoms with van der Waals surface area (Å²) in [4.78, 5) is 3.36. The quantitative estimate of drug-likeness (QED) is 0.666. The summed E-state index contributed by atoms with van der Waals surface area (Å²) in [7, 11) is 1.62. The third-order valence-electron chi connectivity index (χ3n) is 2.34. The van der Waals surface area contributed by atoms with Gasteiger partial charge in [-0.2, -0.15) is 18.3 Å². The molecule has 0 saturated carbocycles. The summed E-state index contributed by atoms with van der Waals surface area (Å²) in [5.74, 6) is -0.632. The molecule has 0 aliphatic rings. The average molecular weight is 285 g/mol. The van der Waals surface area contributed by atoms with Crippen molar-refractivity contribution in [2.24, 2.45) is 12.8 Å². The molecule has 0 fully saturated rings. The molecule has 2 aromatic heterocycles. The van der Waals surface area contributed by atoms with Crippen molar-refractivity contribution in [3.8, 4) is 11.6 Å². The molecule has 6 nitrogen and oxygen atoms in total. The summed E-state index contributed by atoms with van der Waals surface area (Å²) in [5.41, 5.74) is 4.14. The van der Waals surface area contributed by atoms with E-state index in [-0.39, 0.29) is 17.2 Å². The zero-order valence-electron chi connectivity index (χ0n) is 10.3. The van der Waals surface area contributed by atoms with Crippen LogP contribution in [0.25, 0.3) is 0 Å². The molecule has 2 aromatic rings. The predicted molar refractivity (Wildman–Crippen MR) is 63.5 cm³/mol. The molecule has 0 spiro atoms. The van der Waals surface area contributed by atoms with Crippen molar-refractivity contribution < 1.29 is 17.9 Å². The zero-order chi connectivity index (χ0) is 14.9. The standard InChI is InChI=1S/C11H10F3N5O/c1-19-5-6(4-17-19)20-10-7(9(15)16)2-3-8(18-10)11(12,13)14/h2-5H,1H3,(H3,15,16). The molecule has 0 atom stereocenters. The third-order valence-corrected chi connectivity index (χ3v) is 2.34. The number of aryl methyl sites for hydroxylation is 1. The molecular formula is C11H10F3N5O. The fraction of sp³-hybridized carbons (Fsp3) is 0.182. The Balaban J connectivity index is 2.44. The van der Waals surface area contributed by atoms with Gasteiger partial charge in [0.15, 0.2) is 5.75 Å². The Morgan fingerprint density at radius 2 is 2.10 bits per heavy atom. The summed E-state index contributed by atoms with van der Waals surface area (Å²) < 4.78 is 44.5. The highest BCUT2D eigenvalue weighted by molar-refractivity contribution is 5.97. The van der Waals surface area contributed by atoms with Crippen molar-refractivity contribution in [1.29, 1.82) is 5.41 Å². The lowest BCUT2D eigenvalue weighted by atomic mass is 10.2. The van der Waals surface area contributed by atoms with Crippen molar-refractivity contribution in [1.82, 2.24) is 14.8 Å². The summed E-state index contributed by atoms with van der Waals surface area (Å²) >= 11 is 0. The molecule has 2 rings (SSSR count). The van der Waals surface area contributed by atoms with Gasteiger partial charge >= 0.3 is 6.18 Å². The smallest absolute Gasteiger partial charge is 0.433 e. The van der Waals surface area contributed by atoms with Crippen LogP contribution in [0.3, 0.4) is 0 Å². The first-order chi connectivity index (χ1) is 9.27. The molecule has 0 unspecified atom stereocenters. The molecule has 106 valence electrons. The predicted octanol–water partition coefficient (Wildman–Crippen LogP) is 1.91. The number of pyridine rings is 1. The van der Waals surface area contributed by atoms with E-state index in [2.05, 4.69) is 10.1 Å². The largest absolute Gasteiger partial charge is 0.435 e. The number of nitrogen functional groups attached to an aromatic ring is 1. The first-order valence-corrected chi connectivity index (χ1v) is 5.36. The SMILES string of the molecule is Cn1cc(Oc2nc(C(F)(F)F)ccc2C(=N)N)cn1. The number of hydrogen-bond donors (Lipinski definition) is 2. The number of alkyl halides is 3. The minimum atomic E-state index is -4.61. The van der Waals surface area contributed by atoms with Gasteiger partial charge in [0.2, 0.25) is 5.88 Å². The summed E-state index contributed by atoms with van der Waals surface area (Å²) in [5, 5.41) is 11.1. The van der Waals surface area contributed by atoms with Crippen molar-refractivity contribution in [2.45, 2.75) is 6.18 Å². The van der Waals surface area contributed by atoms with Crippen LogP contribution < -0.4 is 10.5 Å². The van der Waals surface area contributed by atoms with Gasteiger partial charge in [-0.1, -0.05) is 0 Å². The molecule has 3 N–H and O–H groups in total. The van der Waals surface area contributed by atoms with Gasteiger partial charge in [-0.05, 0) is 12.1 Å². The Morgan fingerprint density at radius 3 is 2.60 bits per heavy atom. The fourth-order valence-corrected chi connectivity index (χ4v) is 1.44. The number of amidine groups is 1. The lowest BCUT2D eigenvalue weighted by Crippen LogP contribution is -2.16. The Hall–Kier alpha value is -2.58. The zero-order valence-corrected chi connectivity index (χ0v) is 10.3. The van der Waals surface area contributed by atoms with Crippen LogP contribution in [-0.2, 0) is 13.2 Å². The Morgan fingerprint density at radius 1 is 1.40 bits per heavy atom. The second-order valence-corrected chi connectivity index (χ2v) is 3.91. The number of nitrogens with one attached hydrogen (secondary N) is 1. The highest BCUT2D eigenvalue weighted by Gasteiger charge is 2.33. The van der Waals surface area contributed by atoms with Crippen LogP contribution >= 0.6 is 0 Å². The number of halogens is 3. The van der Waals surface area contributed by atoms with Gasteiger partial charge in [0.25, 0.3) is 0 Å². The van der Waals surface area contributed by atoms with E-state index >= 15 is 0 Å². The number of ether oxygens (including phenoxy) is 1. The molecular weight excluding hydrogens is 275 g/mol. The van der Waals surface area contributed by atoms with Crippen LogP contribution in [0.15, 0.2) is 24.5 Å². The van der Waals surface area contributed by atoms with E-state index in [1.165, 1.54) is 17.1 Å². The van der Waals surface area contributed by atoms with E-state index in [0.717, 1.165) is 12.1 Å². The number of nitrogens with zero attached hydrogens (tertiary/aromatic N) is 3. The topological polar surface area (TPSA) is 89.8 Å². The van der Waals surface area contributed by atoms with E-state index in [0.29, 0.717) is 0 Å². The van der Waals surface area contributed by atoms with Gasteiger partial charge in [0.05, 0.1) is 18.0 Å². The first kappa shape index (κ1) is 13.8. The van der Waals surface area contributed by atoms with E-state index in [9.17, 15) is 13.2 Å². The van der Waals surface area contributed by atoms with Crippen molar-refractivity contribution >= 4 is 5.84 Å². The van der Waals surface area contributed by atoms with Crippen molar-refractivity contribution in [3.05, 3.63) is 35.8 Å². The lowest BCUT2D eigenvalue weighted by Gasteiger charge is -2.11. The van der Waals surface area contributed by atoms with Gasteiger partial charge in [-0.25, -0.2) is 4.98 Å². The minimum absolute atomic E-state index is 0.0261. The van der Waals surface area contributed by atoms with E-state index < -0.39 is 17.7 Å². The van der Waals surface area contributed by atoms with Crippen LogP contribution in [0.5, 0.6) is 11.6 Å². The van der Waals surface area contributed by atoms with Crippen LogP contribution in [0.4, 0.5) is 13.2 Å². The summed E-state index contributed by atoms with van der Waals surface area (Å²) in [6.07, 6.45) is -1.85. The maximum Gasteiger partial charge on any atom is 0.433 e. The molecule has 9 heteroatoms. The van der Waals surface area contributed by atoms with Gasteiger partial charge in [0.1, 0.15) is 11.5 Å². The van der Waals surface area contributed by atoms with Crippen LogP contribution in [0, 0.1) is 5.41 Å². The number of aromatic nitrogens is 3. The molecule has 0 amide bonds. The first-order valence-electron chi connectivity index (χ1n) is 5.36. The molecule has 0 radical (unpaired) electrons. The normalized spacial score (nSPS) is 11.4. The molecule has 0 aliphatic heterocycles. The molecule has 20 heavy (non-hydrogen) atoms. The van der Waals surface area contributed by atoms with Crippen molar-refractivity contribution in [3.63, 3.8) is 0 Å². The summed E-state index contributed by atoms with van der Waals surface area (Å²) in [6.45, 7) is 0. The second kappa shape index (κ2) is 4.83. The highest BCUT2D eigenvalue weighted by Crippen LogP contribution is 2.31. The molecule has 0 aliphatic carbocycles. The summed E-state index contributed by atoms with van der Waals surface area (Å²) in [6, 6.07) is 1.79. The van der Waals surface area contributed by atoms with Gasteiger partial charge in [-0.15, -0.1) is 0 Å². The minimum Gasteiger partial charge on any atom is -0.435 e. The number of rotatable bonds is 3. The van der Waals surface area contributed by atoms with E-state index in [4.69, 9.17) is 15.9 Å². The molecule has 0 aromatic carbocycles. The molecule has 0 saturated heterocycles. The maximum atomic E-state index is 12.6. The van der Waals surface area contributed by atoms with Gasteiger partial charge in [-0.3, -0.25) is 10.1 Å². The Labute approximate surface area is 111 Å². The Kier molecular flexibility index (Phi) is 3.35. The monoisotopic (exact) mass is 285 g/mol. The maximum absolute atomic E-state index is 12.6. The van der Waals surface area contributed by atoms with Crippen LogP contribution in [0.1, 0.15) is 11.3 Å². The molecule has 0 bridgehead atoms. The van der Waals surface area contributed by atoms with Crippen LogP contribution in [-0.4, -0.2) is 20.6 Å². The fourth-order valence-electron chi connectivity index (χ4n) is 1.44. The van der Waals surface area contributed by atoms with E-state index in [1.54, 1.807) is 7.05 Å². The molecule has 2 heterocycles. The number of hydrogen-bond acceptors (Lipinski definition) is 4. The third kappa shape index (κ3) is 2.87. The number of nitrogens with two attached hydrogens (primary N) is 1. The average Bonchev–Trinajstić information content (AvgIpc) is 2.73.